The largest absolute Gasteiger partial charge is 0.339 e. The molecule has 1 saturated heterocycles. The highest BCUT2D eigenvalue weighted by atomic mass is 16.2. The van der Waals surface area contributed by atoms with Gasteiger partial charge in [0.1, 0.15) is 0 Å². The van der Waals surface area contributed by atoms with Crippen LogP contribution in [0, 0.1) is 5.92 Å². The topological polar surface area (TPSA) is 71.3 Å². The van der Waals surface area contributed by atoms with Crippen molar-refractivity contribution >= 4 is 11.8 Å². The van der Waals surface area contributed by atoms with Gasteiger partial charge in [0.25, 0.3) is 5.91 Å². The van der Waals surface area contributed by atoms with E-state index in [-0.39, 0.29) is 17.7 Å². The number of carbonyl (C=O) groups excluding carboxylic acids is 2. The number of carbonyl (C=O) groups is 2. The number of aromatic nitrogens is 3. The molecule has 2 heterocycles. The molecule has 0 radical (unpaired) electrons. The van der Waals surface area contributed by atoms with E-state index in [2.05, 4.69) is 10.2 Å². The van der Waals surface area contributed by atoms with Crippen LogP contribution < -0.4 is 0 Å². The number of benzene rings is 1. The average Bonchev–Trinajstić information content (AvgIpc) is 3.38. The molecule has 2 fully saturated rings. The van der Waals surface area contributed by atoms with Crippen LogP contribution >= 0.6 is 0 Å². The number of nitrogens with zero attached hydrogens (tertiary/aromatic N) is 5. The highest BCUT2D eigenvalue weighted by molar-refractivity contribution is 5.92. The molecule has 1 aromatic carbocycles. The molecule has 0 bridgehead atoms. The predicted molar refractivity (Wildman–Crippen MR) is 86.6 cm³/mol. The lowest BCUT2D eigenvalue weighted by Crippen LogP contribution is -2.51. The van der Waals surface area contributed by atoms with Gasteiger partial charge < -0.3 is 9.80 Å². The van der Waals surface area contributed by atoms with Crippen LogP contribution in [0.25, 0.3) is 5.69 Å². The maximum absolute atomic E-state index is 12.6. The first-order valence-electron chi connectivity index (χ1n) is 8.28. The fourth-order valence-electron chi connectivity index (χ4n) is 2.93. The summed E-state index contributed by atoms with van der Waals surface area (Å²) in [6.45, 7) is 2.31. The van der Waals surface area contributed by atoms with Crippen LogP contribution in [0.4, 0.5) is 0 Å². The number of hydrogen-bond donors (Lipinski definition) is 0. The first kappa shape index (κ1) is 14.9. The molecule has 24 heavy (non-hydrogen) atoms. The molecule has 2 amide bonds. The van der Waals surface area contributed by atoms with Gasteiger partial charge >= 0.3 is 0 Å². The molecule has 7 heteroatoms. The number of piperazine rings is 1. The second-order valence-corrected chi connectivity index (χ2v) is 6.25. The van der Waals surface area contributed by atoms with Gasteiger partial charge in [-0.15, -0.1) is 5.10 Å². The van der Waals surface area contributed by atoms with Crippen molar-refractivity contribution < 1.29 is 9.59 Å². The summed E-state index contributed by atoms with van der Waals surface area (Å²) in [5.41, 5.74) is 1.15. The van der Waals surface area contributed by atoms with E-state index in [4.69, 9.17) is 0 Å². The highest BCUT2D eigenvalue weighted by Gasteiger charge is 2.35. The van der Waals surface area contributed by atoms with Gasteiger partial charge in [-0.3, -0.25) is 9.59 Å². The van der Waals surface area contributed by atoms with Crippen LogP contribution in [0.3, 0.4) is 0 Å². The Bertz CT molecular complexity index is 745. The molecule has 1 aromatic heterocycles. The van der Waals surface area contributed by atoms with E-state index in [0.29, 0.717) is 31.9 Å². The van der Waals surface area contributed by atoms with Crippen molar-refractivity contribution in [1.82, 2.24) is 24.8 Å². The van der Waals surface area contributed by atoms with Crippen molar-refractivity contribution in [2.24, 2.45) is 5.92 Å². The first-order valence-corrected chi connectivity index (χ1v) is 8.28. The van der Waals surface area contributed by atoms with E-state index in [1.54, 1.807) is 4.90 Å². The van der Waals surface area contributed by atoms with Crippen LogP contribution in [-0.2, 0) is 4.79 Å². The van der Waals surface area contributed by atoms with Crippen molar-refractivity contribution in [1.29, 1.82) is 0 Å². The Labute approximate surface area is 139 Å². The van der Waals surface area contributed by atoms with Crippen molar-refractivity contribution in [3.8, 4) is 5.69 Å². The molecule has 2 aromatic rings. The first-order chi connectivity index (χ1) is 11.7. The summed E-state index contributed by atoms with van der Waals surface area (Å²) >= 11 is 0. The van der Waals surface area contributed by atoms with E-state index in [1.165, 1.54) is 11.0 Å². The minimum absolute atomic E-state index is 0.129. The fourth-order valence-corrected chi connectivity index (χ4v) is 2.93. The number of hydrogen-bond acceptors (Lipinski definition) is 4. The zero-order chi connectivity index (χ0) is 16.5. The Morgan fingerprint density at radius 2 is 1.62 bits per heavy atom. The lowest BCUT2D eigenvalue weighted by atomic mass is 10.2. The third-order valence-corrected chi connectivity index (χ3v) is 4.50. The van der Waals surface area contributed by atoms with Crippen molar-refractivity contribution in [3.63, 3.8) is 0 Å². The number of rotatable bonds is 3. The van der Waals surface area contributed by atoms with E-state index in [0.717, 1.165) is 18.5 Å². The zero-order valence-corrected chi connectivity index (χ0v) is 13.3. The molecular weight excluding hydrogens is 306 g/mol. The third-order valence-electron chi connectivity index (χ3n) is 4.50. The minimum Gasteiger partial charge on any atom is -0.339 e. The Kier molecular flexibility index (Phi) is 3.76. The normalized spacial score (nSPS) is 17.8. The Balaban J connectivity index is 1.40. The zero-order valence-electron chi connectivity index (χ0n) is 13.3. The molecule has 1 aliphatic heterocycles. The maximum Gasteiger partial charge on any atom is 0.276 e. The van der Waals surface area contributed by atoms with Gasteiger partial charge in [-0.1, -0.05) is 18.2 Å². The van der Waals surface area contributed by atoms with Crippen LogP contribution in [0.2, 0.25) is 0 Å². The smallest absolute Gasteiger partial charge is 0.276 e. The van der Waals surface area contributed by atoms with Gasteiger partial charge in [0.15, 0.2) is 5.69 Å². The fraction of sp³-hybridized carbons (Fsp3) is 0.412. The molecule has 2 aliphatic rings. The second-order valence-electron chi connectivity index (χ2n) is 6.25. The van der Waals surface area contributed by atoms with Gasteiger partial charge in [-0.25, -0.2) is 0 Å². The molecule has 0 N–H and O–H groups in total. The van der Waals surface area contributed by atoms with E-state index in [9.17, 15) is 9.59 Å². The van der Waals surface area contributed by atoms with Gasteiger partial charge in [0.2, 0.25) is 5.91 Å². The summed E-state index contributed by atoms with van der Waals surface area (Å²) in [4.78, 5) is 29.7. The second kappa shape index (κ2) is 6.07. The molecule has 7 nitrogen and oxygen atoms in total. The molecule has 124 valence electrons. The molecular formula is C17H19N5O2. The SMILES string of the molecule is O=C(c1cnn(-c2ccccc2)n1)N1CCN(C(=O)C2CC2)CC1. The number of para-hydroxylation sites is 1. The molecule has 0 atom stereocenters. The van der Waals surface area contributed by atoms with Gasteiger partial charge in [0, 0.05) is 32.1 Å². The lowest BCUT2D eigenvalue weighted by molar-refractivity contribution is -0.134. The summed E-state index contributed by atoms with van der Waals surface area (Å²) in [5, 5.41) is 8.45. The Hall–Kier alpha value is -2.70. The van der Waals surface area contributed by atoms with Crippen molar-refractivity contribution in [2.75, 3.05) is 26.2 Å². The lowest BCUT2D eigenvalue weighted by Gasteiger charge is -2.34. The van der Waals surface area contributed by atoms with Gasteiger partial charge in [-0.2, -0.15) is 9.90 Å². The van der Waals surface area contributed by atoms with Crippen molar-refractivity contribution in [3.05, 3.63) is 42.2 Å². The van der Waals surface area contributed by atoms with Crippen molar-refractivity contribution in [2.45, 2.75) is 12.8 Å². The monoisotopic (exact) mass is 325 g/mol. The Morgan fingerprint density at radius 1 is 0.958 bits per heavy atom. The molecule has 0 unspecified atom stereocenters. The van der Waals surface area contributed by atoms with E-state index in [1.807, 2.05) is 35.2 Å². The standard InChI is InChI=1S/C17H19N5O2/c23-16(13-6-7-13)20-8-10-21(11-9-20)17(24)15-12-18-22(19-15)14-4-2-1-3-5-14/h1-5,12-13H,6-11H2. The third kappa shape index (κ3) is 2.89. The molecule has 4 rings (SSSR count). The minimum atomic E-state index is -0.129. The Morgan fingerprint density at radius 3 is 2.29 bits per heavy atom. The molecule has 0 spiro atoms. The number of amides is 2. The van der Waals surface area contributed by atoms with Crippen LogP contribution in [-0.4, -0.2) is 62.8 Å². The van der Waals surface area contributed by atoms with E-state index < -0.39 is 0 Å². The predicted octanol–water partition coefficient (Wildman–Crippen LogP) is 0.962. The molecule has 1 aliphatic carbocycles. The van der Waals surface area contributed by atoms with Crippen LogP contribution in [0.5, 0.6) is 0 Å². The summed E-state index contributed by atoms with van der Waals surface area (Å²) < 4.78 is 0. The quantitative estimate of drug-likeness (QED) is 0.843. The van der Waals surface area contributed by atoms with Gasteiger partial charge in [0.05, 0.1) is 11.9 Å². The van der Waals surface area contributed by atoms with Crippen LogP contribution in [0.15, 0.2) is 36.5 Å². The van der Waals surface area contributed by atoms with Crippen LogP contribution in [0.1, 0.15) is 23.3 Å². The maximum atomic E-state index is 12.6. The summed E-state index contributed by atoms with van der Waals surface area (Å²) in [6, 6.07) is 9.49. The summed E-state index contributed by atoms with van der Waals surface area (Å²) in [5.74, 6) is 0.353. The summed E-state index contributed by atoms with van der Waals surface area (Å²) in [7, 11) is 0. The highest BCUT2D eigenvalue weighted by Crippen LogP contribution is 2.31. The summed E-state index contributed by atoms with van der Waals surface area (Å²) in [6.07, 6.45) is 3.53. The van der Waals surface area contributed by atoms with E-state index >= 15 is 0 Å². The van der Waals surface area contributed by atoms with Gasteiger partial charge in [-0.05, 0) is 25.0 Å². The molecule has 1 saturated carbocycles. The average molecular weight is 325 g/mol.